The standard InChI is InChI=1S/C14H16.C9H18O2.C8H13F3O2/c1-3-11(2)13-9-8-12-6-4-5-7-14(12)10-13;1-6-7(2)8(10)11-9(3,4)5;1-4-5(2)7(12)13-6(3)8(9,10)11/h4-11H,3H2,1-2H3;7H,6H2,1-5H3;5-6H,4H2,1-3H3. The third-order valence-electron chi connectivity index (χ3n) is 6.15. The van der Waals surface area contributed by atoms with Crippen molar-refractivity contribution in [2.45, 2.75) is 112 Å². The van der Waals surface area contributed by atoms with Crippen molar-refractivity contribution in [1.82, 2.24) is 0 Å². The van der Waals surface area contributed by atoms with Crippen LogP contribution in [0, 0.1) is 11.8 Å². The lowest BCUT2D eigenvalue weighted by Gasteiger charge is -2.21. The van der Waals surface area contributed by atoms with Crippen molar-refractivity contribution in [3.63, 3.8) is 0 Å². The fourth-order valence-electron chi connectivity index (χ4n) is 2.84. The van der Waals surface area contributed by atoms with E-state index >= 15 is 0 Å². The van der Waals surface area contributed by atoms with E-state index in [1.165, 1.54) is 29.7 Å². The van der Waals surface area contributed by atoms with Gasteiger partial charge in [-0.25, -0.2) is 0 Å². The highest BCUT2D eigenvalue weighted by Crippen LogP contribution is 2.24. The molecule has 0 spiro atoms. The van der Waals surface area contributed by atoms with Gasteiger partial charge in [-0.2, -0.15) is 13.2 Å². The Morgan fingerprint density at radius 3 is 1.71 bits per heavy atom. The van der Waals surface area contributed by atoms with Crippen LogP contribution in [0.15, 0.2) is 42.5 Å². The first-order valence-corrected chi connectivity index (χ1v) is 13.4. The highest BCUT2D eigenvalue weighted by molar-refractivity contribution is 5.83. The number of halogens is 3. The predicted molar refractivity (Wildman–Crippen MR) is 149 cm³/mol. The monoisotopic (exact) mass is 540 g/mol. The number of esters is 2. The third-order valence-corrected chi connectivity index (χ3v) is 6.15. The number of benzene rings is 2. The molecule has 2 aromatic rings. The first-order valence-electron chi connectivity index (χ1n) is 13.4. The van der Waals surface area contributed by atoms with Gasteiger partial charge in [-0.05, 0) is 69.2 Å². The second-order valence-electron chi connectivity index (χ2n) is 10.7. The van der Waals surface area contributed by atoms with Gasteiger partial charge in [0.05, 0.1) is 11.8 Å². The minimum absolute atomic E-state index is 0.0224. The summed E-state index contributed by atoms with van der Waals surface area (Å²) in [5.41, 5.74) is 1.10. The van der Waals surface area contributed by atoms with Gasteiger partial charge in [0.15, 0.2) is 6.10 Å². The molecule has 0 aromatic heterocycles. The maximum Gasteiger partial charge on any atom is 0.425 e. The molecule has 7 heteroatoms. The Labute approximate surface area is 227 Å². The molecule has 0 N–H and O–H groups in total. The number of hydrogen-bond donors (Lipinski definition) is 0. The van der Waals surface area contributed by atoms with Gasteiger partial charge in [0.25, 0.3) is 0 Å². The van der Waals surface area contributed by atoms with Crippen LogP contribution in [0.1, 0.15) is 100.0 Å². The molecule has 216 valence electrons. The third kappa shape index (κ3) is 13.8. The molecule has 0 saturated heterocycles. The van der Waals surface area contributed by atoms with E-state index in [0.29, 0.717) is 12.3 Å². The highest BCUT2D eigenvalue weighted by atomic mass is 19.4. The summed E-state index contributed by atoms with van der Waals surface area (Å²) in [7, 11) is 0. The maximum absolute atomic E-state index is 11.9. The molecule has 0 fully saturated rings. The second kappa shape index (κ2) is 16.4. The minimum Gasteiger partial charge on any atom is -0.460 e. The van der Waals surface area contributed by atoms with Crippen molar-refractivity contribution in [1.29, 1.82) is 0 Å². The minimum atomic E-state index is -4.47. The molecule has 4 nitrogen and oxygen atoms in total. The molecule has 4 atom stereocenters. The van der Waals surface area contributed by atoms with E-state index in [2.05, 4.69) is 61.0 Å². The van der Waals surface area contributed by atoms with Crippen molar-refractivity contribution in [2.75, 3.05) is 0 Å². The summed E-state index contributed by atoms with van der Waals surface area (Å²) in [4.78, 5) is 22.1. The summed E-state index contributed by atoms with van der Waals surface area (Å²) in [6, 6.07) is 15.3. The summed E-state index contributed by atoms with van der Waals surface area (Å²) >= 11 is 0. The Hall–Kier alpha value is -2.57. The number of alkyl halides is 3. The maximum atomic E-state index is 11.9. The number of ether oxygens (including phenoxy) is 2. The van der Waals surface area contributed by atoms with Gasteiger partial charge in [0.2, 0.25) is 0 Å². The lowest BCUT2D eigenvalue weighted by atomic mass is 9.96. The van der Waals surface area contributed by atoms with Gasteiger partial charge in [-0.3, -0.25) is 9.59 Å². The lowest BCUT2D eigenvalue weighted by Crippen LogP contribution is -2.32. The average molecular weight is 541 g/mol. The molecule has 2 rings (SSSR count). The summed E-state index contributed by atoms with van der Waals surface area (Å²) in [6.07, 6.45) is -3.96. The van der Waals surface area contributed by atoms with Crippen molar-refractivity contribution >= 4 is 22.7 Å². The lowest BCUT2D eigenvalue weighted by molar-refractivity contribution is -0.218. The molecule has 0 aliphatic heterocycles. The number of carbonyl (C=O) groups excluding carboxylic acids is 2. The normalized spacial score (nSPS) is 14.6. The Kier molecular flexibility index (Phi) is 15.3. The topological polar surface area (TPSA) is 52.6 Å². The largest absolute Gasteiger partial charge is 0.460 e. The van der Waals surface area contributed by atoms with Crippen LogP contribution in [0.25, 0.3) is 10.8 Å². The molecular formula is C31H47F3O4. The summed E-state index contributed by atoms with van der Waals surface area (Å²) in [5.74, 6) is -0.689. The summed E-state index contributed by atoms with van der Waals surface area (Å²) in [5, 5.41) is 2.69. The molecule has 0 aliphatic carbocycles. The number of hydrogen-bond acceptors (Lipinski definition) is 4. The van der Waals surface area contributed by atoms with Crippen LogP contribution in [0.4, 0.5) is 13.2 Å². The molecule has 0 amide bonds. The van der Waals surface area contributed by atoms with E-state index in [1.807, 2.05) is 34.6 Å². The van der Waals surface area contributed by atoms with Crippen LogP contribution >= 0.6 is 0 Å². The zero-order chi connectivity index (χ0) is 29.7. The number of fused-ring (bicyclic) bond motifs is 1. The van der Waals surface area contributed by atoms with E-state index in [0.717, 1.165) is 13.3 Å². The highest BCUT2D eigenvalue weighted by Gasteiger charge is 2.39. The zero-order valence-corrected chi connectivity index (χ0v) is 24.7. The zero-order valence-electron chi connectivity index (χ0n) is 24.7. The molecule has 0 bridgehead atoms. The smallest absolute Gasteiger partial charge is 0.425 e. The fraction of sp³-hybridized carbons (Fsp3) is 0.613. The van der Waals surface area contributed by atoms with Crippen molar-refractivity contribution < 1.29 is 32.2 Å². The molecule has 0 saturated carbocycles. The quantitative estimate of drug-likeness (QED) is 0.328. The Morgan fingerprint density at radius 1 is 0.763 bits per heavy atom. The summed E-state index contributed by atoms with van der Waals surface area (Å²) in [6.45, 7) is 18.1. The Balaban J connectivity index is 0.000000546. The first-order chi connectivity index (χ1) is 17.5. The van der Waals surface area contributed by atoms with Crippen LogP contribution in [0.3, 0.4) is 0 Å². The van der Waals surface area contributed by atoms with E-state index in [9.17, 15) is 22.8 Å². The van der Waals surface area contributed by atoms with E-state index in [-0.39, 0.29) is 17.5 Å². The van der Waals surface area contributed by atoms with Gasteiger partial charge in [-0.15, -0.1) is 0 Å². The van der Waals surface area contributed by atoms with Crippen LogP contribution in [0.2, 0.25) is 0 Å². The number of rotatable bonds is 7. The van der Waals surface area contributed by atoms with Crippen molar-refractivity contribution in [3.05, 3.63) is 48.0 Å². The second-order valence-corrected chi connectivity index (χ2v) is 10.7. The number of carbonyl (C=O) groups is 2. The Morgan fingerprint density at radius 2 is 1.26 bits per heavy atom. The van der Waals surface area contributed by atoms with Crippen LogP contribution in [-0.2, 0) is 19.1 Å². The fourth-order valence-corrected chi connectivity index (χ4v) is 2.84. The average Bonchev–Trinajstić information content (AvgIpc) is 2.85. The first kappa shape index (κ1) is 35.4. The van der Waals surface area contributed by atoms with Gasteiger partial charge >= 0.3 is 18.1 Å². The van der Waals surface area contributed by atoms with E-state index < -0.39 is 24.2 Å². The Bertz CT molecular complexity index is 979. The van der Waals surface area contributed by atoms with Gasteiger partial charge in [-0.1, -0.05) is 84.0 Å². The van der Waals surface area contributed by atoms with Crippen molar-refractivity contribution in [3.8, 4) is 0 Å². The molecule has 0 radical (unpaired) electrons. The summed E-state index contributed by atoms with van der Waals surface area (Å²) < 4.78 is 45.1. The van der Waals surface area contributed by atoms with Crippen LogP contribution in [0.5, 0.6) is 0 Å². The molecule has 0 aliphatic rings. The van der Waals surface area contributed by atoms with Crippen molar-refractivity contribution in [2.24, 2.45) is 11.8 Å². The molecule has 4 unspecified atom stereocenters. The molecule has 38 heavy (non-hydrogen) atoms. The molecule has 2 aromatic carbocycles. The van der Waals surface area contributed by atoms with E-state index in [4.69, 9.17) is 4.74 Å². The predicted octanol–water partition coefficient (Wildman–Crippen LogP) is 9.25. The van der Waals surface area contributed by atoms with Gasteiger partial charge < -0.3 is 9.47 Å². The molecule has 0 heterocycles. The SMILES string of the molecule is CCC(C)C(=O)OC(C)(C)C.CCC(C)C(=O)OC(C)C(F)(F)F.CCC(C)c1ccc2ccccc2c1. The van der Waals surface area contributed by atoms with Gasteiger partial charge in [0.1, 0.15) is 5.60 Å². The van der Waals surface area contributed by atoms with Crippen LogP contribution in [-0.4, -0.2) is 29.8 Å². The molecular weight excluding hydrogens is 493 g/mol. The van der Waals surface area contributed by atoms with Crippen LogP contribution < -0.4 is 0 Å². The van der Waals surface area contributed by atoms with E-state index in [1.54, 1.807) is 6.92 Å². The van der Waals surface area contributed by atoms with Gasteiger partial charge in [0, 0.05) is 0 Å².